The molecule has 1 aliphatic heterocycles. The minimum atomic E-state index is 0.699. The molecule has 3 unspecified atom stereocenters. The fourth-order valence-electron chi connectivity index (χ4n) is 4.43. The third kappa shape index (κ3) is 3.17. The molecule has 0 radical (unpaired) electrons. The molecule has 3 aliphatic rings. The van der Waals surface area contributed by atoms with E-state index in [1.807, 2.05) is 0 Å². The molecule has 4 rings (SSSR count). The molecular weight excluding hydrogens is 256 g/mol. The van der Waals surface area contributed by atoms with Crippen molar-refractivity contribution in [2.75, 3.05) is 13.1 Å². The van der Waals surface area contributed by atoms with Crippen molar-refractivity contribution in [3.05, 3.63) is 35.9 Å². The van der Waals surface area contributed by atoms with Crippen LogP contribution >= 0.6 is 0 Å². The molecule has 1 N–H and O–H groups in total. The summed E-state index contributed by atoms with van der Waals surface area (Å²) in [5.41, 5.74) is 1.55. The zero-order valence-corrected chi connectivity index (χ0v) is 13.0. The maximum Gasteiger partial charge on any atom is 0.0210 e. The van der Waals surface area contributed by atoms with Crippen LogP contribution in [-0.2, 0) is 0 Å². The second-order valence-electron chi connectivity index (χ2n) is 7.29. The first-order valence-electron chi connectivity index (χ1n) is 8.95. The van der Waals surface area contributed by atoms with Gasteiger partial charge in [0, 0.05) is 31.2 Å². The van der Waals surface area contributed by atoms with Gasteiger partial charge in [0.2, 0.25) is 0 Å². The second-order valence-corrected chi connectivity index (χ2v) is 7.29. The van der Waals surface area contributed by atoms with Crippen molar-refractivity contribution < 1.29 is 0 Å². The molecule has 114 valence electrons. The van der Waals surface area contributed by atoms with Gasteiger partial charge in [0.25, 0.3) is 0 Å². The van der Waals surface area contributed by atoms with Crippen molar-refractivity contribution in [2.45, 2.75) is 69.0 Å². The summed E-state index contributed by atoms with van der Waals surface area (Å²) in [4.78, 5) is 2.72. The van der Waals surface area contributed by atoms with Crippen molar-refractivity contribution in [1.82, 2.24) is 10.2 Å². The normalized spacial score (nSPS) is 34.2. The van der Waals surface area contributed by atoms with Gasteiger partial charge in [-0.25, -0.2) is 0 Å². The molecule has 3 fully saturated rings. The molecule has 3 atom stereocenters. The van der Waals surface area contributed by atoms with Crippen molar-refractivity contribution in [3.63, 3.8) is 0 Å². The fraction of sp³-hybridized carbons (Fsp3) is 0.684. The van der Waals surface area contributed by atoms with E-state index < -0.39 is 0 Å². The van der Waals surface area contributed by atoms with Gasteiger partial charge in [0.1, 0.15) is 0 Å². The number of nitrogens with zero attached hydrogens (tertiary/aromatic N) is 1. The van der Waals surface area contributed by atoms with Crippen molar-refractivity contribution in [1.29, 1.82) is 0 Å². The SMILES string of the molecule is c1ccc(C2CCCCC2NC2CCN(C3CC3)C2)cc1. The fourth-order valence-corrected chi connectivity index (χ4v) is 4.43. The highest BCUT2D eigenvalue weighted by molar-refractivity contribution is 5.22. The van der Waals surface area contributed by atoms with E-state index in [-0.39, 0.29) is 0 Å². The number of likely N-dealkylation sites (tertiary alicyclic amines) is 1. The van der Waals surface area contributed by atoms with Gasteiger partial charge in [-0.1, -0.05) is 43.2 Å². The average Bonchev–Trinajstić information content (AvgIpc) is 3.29. The second kappa shape index (κ2) is 6.10. The Kier molecular flexibility index (Phi) is 4.00. The molecule has 0 amide bonds. The van der Waals surface area contributed by atoms with E-state index in [4.69, 9.17) is 0 Å². The molecular formula is C19H28N2. The first kappa shape index (κ1) is 13.8. The minimum absolute atomic E-state index is 0.699. The van der Waals surface area contributed by atoms with E-state index in [2.05, 4.69) is 40.5 Å². The molecule has 1 heterocycles. The number of benzene rings is 1. The molecule has 2 aliphatic carbocycles. The van der Waals surface area contributed by atoms with Crippen LogP contribution in [-0.4, -0.2) is 36.1 Å². The van der Waals surface area contributed by atoms with Crippen molar-refractivity contribution in [2.24, 2.45) is 0 Å². The van der Waals surface area contributed by atoms with E-state index in [0.717, 1.165) is 18.0 Å². The molecule has 21 heavy (non-hydrogen) atoms. The van der Waals surface area contributed by atoms with Crippen LogP contribution in [0.5, 0.6) is 0 Å². The van der Waals surface area contributed by atoms with Gasteiger partial charge in [-0.05, 0) is 43.6 Å². The van der Waals surface area contributed by atoms with Crippen molar-refractivity contribution >= 4 is 0 Å². The van der Waals surface area contributed by atoms with Crippen LogP contribution < -0.4 is 5.32 Å². The zero-order chi connectivity index (χ0) is 14.1. The molecule has 1 aromatic rings. The maximum atomic E-state index is 4.04. The smallest absolute Gasteiger partial charge is 0.0210 e. The largest absolute Gasteiger partial charge is 0.309 e. The van der Waals surface area contributed by atoms with Crippen LogP contribution in [0, 0.1) is 0 Å². The highest BCUT2D eigenvalue weighted by Gasteiger charge is 2.36. The monoisotopic (exact) mass is 284 g/mol. The van der Waals surface area contributed by atoms with E-state index in [1.54, 1.807) is 5.56 Å². The topological polar surface area (TPSA) is 15.3 Å². The van der Waals surface area contributed by atoms with Gasteiger partial charge in [-0.15, -0.1) is 0 Å². The number of hydrogen-bond acceptors (Lipinski definition) is 2. The maximum absolute atomic E-state index is 4.04. The summed E-state index contributed by atoms with van der Waals surface area (Å²) in [6.07, 6.45) is 9.77. The molecule has 1 saturated heterocycles. The van der Waals surface area contributed by atoms with Crippen LogP contribution in [0.4, 0.5) is 0 Å². The third-order valence-corrected chi connectivity index (χ3v) is 5.73. The summed E-state index contributed by atoms with van der Waals surface area (Å²) in [7, 11) is 0. The number of rotatable bonds is 4. The lowest BCUT2D eigenvalue weighted by molar-refractivity contribution is 0.280. The molecule has 2 heteroatoms. The van der Waals surface area contributed by atoms with E-state index >= 15 is 0 Å². The van der Waals surface area contributed by atoms with Crippen LogP contribution in [0.3, 0.4) is 0 Å². The molecule has 0 bridgehead atoms. The first-order chi connectivity index (χ1) is 10.4. The molecule has 2 saturated carbocycles. The van der Waals surface area contributed by atoms with Crippen LogP contribution in [0.2, 0.25) is 0 Å². The summed E-state index contributed by atoms with van der Waals surface area (Å²) < 4.78 is 0. The van der Waals surface area contributed by atoms with Crippen LogP contribution in [0.1, 0.15) is 56.4 Å². The standard InChI is InChI=1S/C19H28N2/c1-2-6-15(7-3-1)18-8-4-5-9-19(18)20-16-12-13-21(14-16)17-10-11-17/h1-3,6-7,16-20H,4-5,8-14H2. The lowest BCUT2D eigenvalue weighted by atomic mass is 9.79. The van der Waals surface area contributed by atoms with Gasteiger partial charge in [-0.2, -0.15) is 0 Å². The van der Waals surface area contributed by atoms with Gasteiger partial charge in [-0.3, -0.25) is 4.90 Å². The molecule has 1 aromatic carbocycles. The number of nitrogens with one attached hydrogen (secondary N) is 1. The predicted octanol–water partition coefficient (Wildman–Crippen LogP) is 3.54. The Morgan fingerprint density at radius 2 is 1.71 bits per heavy atom. The Morgan fingerprint density at radius 3 is 2.52 bits per heavy atom. The Hall–Kier alpha value is -0.860. The van der Waals surface area contributed by atoms with Gasteiger partial charge < -0.3 is 5.32 Å². The third-order valence-electron chi connectivity index (χ3n) is 5.73. The Morgan fingerprint density at radius 1 is 0.905 bits per heavy atom. The number of hydrogen-bond donors (Lipinski definition) is 1. The highest BCUT2D eigenvalue weighted by atomic mass is 15.2. The Labute approximate surface area is 128 Å². The lowest BCUT2D eigenvalue weighted by Gasteiger charge is -2.35. The average molecular weight is 284 g/mol. The summed E-state index contributed by atoms with van der Waals surface area (Å²) in [5, 5.41) is 4.04. The predicted molar refractivity (Wildman–Crippen MR) is 87.6 cm³/mol. The van der Waals surface area contributed by atoms with Crippen LogP contribution in [0.15, 0.2) is 30.3 Å². The molecule has 0 spiro atoms. The van der Waals surface area contributed by atoms with E-state index in [9.17, 15) is 0 Å². The minimum Gasteiger partial charge on any atom is -0.309 e. The Balaban J connectivity index is 1.40. The summed E-state index contributed by atoms with van der Waals surface area (Å²) in [5.74, 6) is 0.731. The van der Waals surface area contributed by atoms with Gasteiger partial charge >= 0.3 is 0 Å². The molecule has 0 aromatic heterocycles. The van der Waals surface area contributed by atoms with Crippen molar-refractivity contribution in [3.8, 4) is 0 Å². The summed E-state index contributed by atoms with van der Waals surface area (Å²) in [6, 6.07) is 13.6. The zero-order valence-electron chi connectivity index (χ0n) is 13.0. The Bertz CT molecular complexity index is 454. The highest BCUT2D eigenvalue weighted by Crippen LogP contribution is 2.35. The summed E-state index contributed by atoms with van der Waals surface area (Å²) >= 11 is 0. The quantitative estimate of drug-likeness (QED) is 0.910. The summed E-state index contributed by atoms with van der Waals surface area (Å²) in [6.45, 7) is 2.62. The first-order valence-corrected chi connectivity index (χ1v) is 8.95. The molecule has 2 nitrogen and oxygen atoms in total. The lowest BCUT2D eigenvalue weighted by Crippen LogP contribution is -2.44. The van der Waals surface area contributed by atoms with E-state index in [0.29, 0.717) is 6.04 Å². The van der Waals surface area contributed by atoms with Gasteiger partial charge in [0.05, 0.1) is 0 Å². The van der Waals surface area contributed by atoms with Crippen LogP contribution in [0.25, 0.3) is 0 Å². The van der Waals surface area contributed by atoms with Gasteiger partial charge in [0.15, 0.2) is 0 Å². The van der Waals surface area contributed by atoms with E-state index in [1.165, 1.54) is 58.0 Å².